The van der Waals surface area contributed by atoms with Gasteiger partial charge in [-0.2, -0.15) is 0 Å². The van der Waals surface area contributed by atoms with Crippen LogP contribution in [-0.4, -0.2) is 27.9 Å². The zero-order valence-electron chi connectivity index (χ0n) is 15.4. The molecule has 9 heteroatoms. The van der Waals surface area contributed by atoms with E-state index in [-0.39, 0.29) is 10.8 Å². The number of benzene rings is 1. The molecule has 0 aromatic heterocycles. The first-order chi connectivity index (χ1) is 11.9. The molecule has 0 fully saturated rings. The Morgan fingerprint density at radius 2 is 1.69 bits per heavy atom. The first kappa shape index (κ1) is 22.7. The molecule has 0 saturated carbocycles. The molecule has 1 aromatic carbocycles. The molecule has 2 unspecified atom stereocenters. The smallest absolute Gasteiger partial charge is 0.408 e. The molecular formula is C17H24Cl2N2O4S. The Morgan fingerprint density at radius 1 is 1.15 bits per heavy atom. The van der Waals surface area contributed by atoms with Gasteiger partial charge in [-0.1, -0.05) is 37.0 Å². The highest BCUT2D eigenvalue weighted by atomic mass is 35.5. The number of hydrogen-bond acceptors (Lipinski definition) is 4. The largest absolute Gasteiger partial charge is 0.444 e. The quantitative estimate of drug-likeness (QED) is 0.723. The number of carbonyl (C=O) groups is 2. The zero-order valence-corrected chi connectivity index (χ0v) is 17.7. The second-order valence-corrected chi connectivity index (χ2v) is 9.25. The van der Waals surface area contributed by atoms with E-state index in [2.05, 4.69) is 10.0 Å². The zero-order chi connectivity index (χ0) is 20.1. The fourth-order valence-corrected chi connectivity index (χ4v) is 3.58. The van der Waals surface area contributed by atoms with Crippen LogP contribution in [0, 0.1) is 5.92 Å². The molecule has 1 rings (SSSR count). The fourth-order valence-electron chi connectivity index (χ4n) is 2.01. The van der Waals surface area contributed by atoms with Gasteiger partial charge in [0.1, 0.15) is 11.6 Å². The van der Waals surface area contributed by atoms with E-state index in [1.807, 2.05) is 13.8 Å². The van der Waals surface area contributed by atoms with Crippen LogP contribution in [0.3, 0.4) is 0 Å². The van der Waals surface area contributed by atoms with Gasteiger partial charge >= 0.3 is 6.09 Å². The topological polar surface area (TPSA) is 84.5 Å². The molecule has 2 N–H and O–H groups in total. The standard InChI is InChI=1S/C17H24Cl2N2O4S/c1-10(2)6-14(20-16(23)25-17(3,4)5)15(22)21-26(24)13-8-11(18)7-12(19)9-13/h7-10,14H,6H2,1-5H3,(H,20,23)(H,21,22). The van der Waals surface area contributed by atoms with Crippen LogP contribution < -0.4 is 10.0 Å². The van der Waals surface area contributed by atoms with Crippen LogP contribution >= 0.6 is 23.2 Å². The number of ether oxygens (including phenoxy) is 1. The Hall–Kier alpha value is -1.31. The van der Waals surface area contributed by atoms with E-state index in [0.29, 0.717) is 16.5 Å². The van der Waals surface area contributed by atoms with Gasteiger partial charge in [-0.05, 0) is 51.3 Å². The molecule has 26 heavy (non-hydrogen) atoms. The molecule has 6 nitrogen and oxygen atoms in total. The predicted molar refractivity (Wildman–Crippen MR) is 104 cm³/mol. The van der Waals surface area contributed by atoms with Crippen molar-refractivity contribution in [3.8, 4) is 0 Å². The van der Waals surface area contributed by atoms with Crippen molar-refractivity contribution in [2.45, 2.75) is 57.6 Å². The van der Waals surface area contributed by atoms with Crippen LogP contribution in [0.4, 0.5) is 4.79 Å². The van der Waals surface area contributed by atoms with Gasteiger partial charge in [-0.25, -0.2) is 9.00 Å². The van der Waals surface area contributed by atoms with E-state index in [1.54, 1.807) is 20.8 Å². The molecule has 0 radical (unpaired) electrons. The molecule has 1 aromatic rings. The predicted octanol–water partition coefficient (Wildman–Crippen LogP) is 4.07. The number of amides is 2. The highest BCUT2D eigenvalue weighted by molar-refractivity contribution is 7.83. The molecule has 0 saturated heterocycles. The minimum absolute atomic E-state index is 0.120. The third kappa shape index (κ3) is 8.38. The summed E-state index contributed by atoms with van der Waals surface area (Å²) in [6.45, 7) is 8.99. The molecule has 0 bridgehead atoms. The summed E-state index contributed by atoms with van der Waals surface area (Å²) in [5, 5.41) is 3.14. The Bertz CT molecular complexity index is 670. The summed E-state index contributed by atoms with van der Waals surface area (Å²) in [5.41, 5.74) is -0.691. The highest BCUT2D eigenvalue weighted by Crippen LogP contribution is 2.21. The van der Waals surface area contributed by atoms with E-state index in [9.17, 15) is 13.8 Å². The van der Waals surface area contributed by atoms with Gasteiger partial charge in [-0.3, -0.25) is 9.52 Å². The molecule has 2 atom stereocenters. The number of nitrogens with one attached hydrogen (secondary N) is 2. The molecule has 0 spiro atoms. The normalized spacial score (nSPS) is 13.8. The molecule has 0 aliphatic carbocycles. The lowest BCUT2D eigenvalue weighted by molar-refractivity contribution is -0.121. The van der Waals surface area contributed by atoms with Crippen molar-refractivity contribution in [1.29, 1.82) is 0 Å². The van der Waals surface area contributed by atoms with Crippen LogP contribution in [0.2, 0.25) is 10.0 Å². The van der Waals surface area contributed by atoms with E-state index >= 15 is 0 Å². The fraction of sp³-hybridized carbons (Fsp3) is 0.529. The summed E-state index contributed by atoms with van der Waals surface area (Å²) in [6.07, 6.45) is -0.353. The van der Waals surface area contributed by atoms with Crippen molar-refractivity contribution in [1.82, 2.24) is 10.0 Å². The lowest BCUT2D eigenvalue weighted by Crippen LogP contribution is -2.49. The average molecular weight is 423 g/mol. The van der Waals surface area contributed by atoms with Crippen LogP contribution in [0.1, 0.15) is 41.0 Å². The second-order valence-electron chi connectivity index (χ2n) is 7.17. The Morgan fingerprint density at radius 3 is 2.15 bits per heavy atom. The van der Waals surface area contributed by atoms with Crippen LogP contribution in [-0.2, 0) is 20.5 Å². The summed E-state index contributed by atoms with van der Waals surface area (Å²) < 4.78 is 19.9. The van der Waals surface area contributed by atoms with Gasteiger partial charge in [-0.15, -0.1) is 0 Å². The van der Waals surface area contributed by atoms with E-state index in [4.69, 9.17) is 27.9 Å². The Kier molecular flexibility index (Phi) is 8.37. The maximum Gasteiger partial charge on any atom is 0.408 e. The van der Waals surface area contributed by atoms with Gasteiger partial charge in [0.15, 0.2) is 11.0 Å². The van der Waals surface area contributed by atoms with E-state index in [1.165, 1.54) is 18.2 Å². The Balaban J connectivity index is 2.85. The lowest BCUT2D eigenvalue weighted by Gasteiger charge is -2.24. The van der Waals surface area contributed by atoms with Crippen LogP contribution in [0.25, 0.3) is 0 Å². The van der Waals surface area contributed by atoms with Crippen molar-refractivity contribution in [2.24, 2.45) is 5.92 Å². The van der Waals surface area contributed by atoms with Crippen LogP contribution in [0.5, 0.6) is 0 Å². The highest BCUT2D eigenvalue weighted by Gasteiger charge is 2.26. The minimum atomic E-state index is -1.86. The van der Waals surface area contributed by atoms with Crippen LogP contribution in [0.15, 0.2) is 23.1 Å². The molecule has 0 heterocycles. The van der Waals surface area contributed by atoms with E-state index < -0.39 is 34.6 Å². The first-order valence-electron chi connectivity index (χ1n) is 8.05. The van der Waals surface area contributed by atoms with Gasteiger partial charge < -0.3 is 10.1 Å². The number of hydrogen-bond donors (Lipinski definition) is 2. The monoisotopic (exact) mass is 422 g/mol. The number of carbonyl (C=O) groups excluding carboxylic acids is 2. The third-order valence-corrected chi connectivity index (χ3v) is 4.44. The minimum Gasteiger partial charge on any atom is -0.444 e. The van der Waals surface area contributed by atoms with Gasteiger partial charge in [0.25, 0.3) is 5.91 Å². The molecule has 0 aliphatic heterocycles. The first-order valence-corrected chi connectivity index (χ1v) is 9.96. The summed E-state index contributed by atoms with van der Waals surface area (Å²) in [6, 6.07) is 3.51. The second kappa shape index (κ2) is 9.58. The summed E-state index contributed by atoms with van der Waals surface area (Å²) in [5.74, 6) is -0.464. The van der Waals surface area contributed by atoms with Gasteiger partial charge in [0, 0.05) is 10.0 Å². The van der Waals surface area contributed by atoms with Crippen molar-refractivity contribution < 1.29 is 18.5 Å². The Labute approximate surface area is 166 Å². The van der Waals surface area contributed by atoms with E-state index in [0.717, 1.165) is 0 Å². The summed E-state index contributed by atoms with van der Waals surface area (Å²) in [4.78, 5) is 24.7. The SMILES string of the molecule is CC(C)CC(NC(=O)OC(C)(C)C)C(=O)NS(=O)c1cc(Cl)cc(Cl)c1. The van der Waals surface area contributed by atoms with Gasteiger partial charge in [0.05, 0.1) is 4.90 Å². The number of alkyl carbamates (subject to hydrolysis) is 1. The molecule has 0 aliphatic rings. The molecular weight excluding hydrogens is 399 g/mol. The molecule has 2 amide bonds. The van der Waals surface area contributed by atoms with Crippen molar-refractivity contribution in [2.75, 3.05) is 0 Å². The maximum absolute atomic E-state index is 12.5. The summed E-state index contributed by atoms with van der Waals surface area (Å²) >= 11 is 11.8. The lowest BCUT2D eigenvalue weighted by atomic mass is 10.0. The maximum atomic E-state index is 12.5. The number of halogens is 2. The van der Waals surface area contributed by atoms with Crippen molar-refractivity contribution in [3.05, 3.63) is 28.2 Å². The average Bonchev–Trinajstić information content (AvgIpc) is 2.42. The van der Waals surface area contributed by atoms with Gasteiger partial charge in [0.2, 0.25) is 0 Å². The third-order valence-electron chi connectivity index (χ3n) is 2.96. The summed E-state index contributed by atoms with van der Waals surface area (Å²) in [7, 11) is -1.86. The molecule has 146 valence electrons. The number of rotatable bonds is 6. The van der Waals surface area contributed by atoms with Crippen molar-refractivity contribution in [3.63, 3.8) is 0 Å². The van der Waals surface area contributed by atoms with Crippen molar-refractivity contribution >= 4 is 46.2 Å².